The van der Waals surface area contributed by atoms with Gasteiger partial charge in [-0.1, -0.05) is 30.3 Å². The highest BCUT2D eigenvalue weighted by Gasteiger charge is 2.20. The molecule has 3 aromatic rings. The van der Waals surface area contributed by atoms with Crippen LogP contribution >= 0.6 is 22.7 Å². The quantitative estimate of drug-likeness (QED) is 0.598. The van der Waals surface area contributed by atoms with Crippen LogP contribution in [0.5, 0.6) is 0 Å². The molecule has 1 aromatic carbocycles. The van der Waals surface area contributed by atoms with Crippen molar-refractivity contribution in [2.75, 3.05) is 0 Å². The van der Waals surface area contributed by atoms with Gasteiger partial charge >= 0.3 is 0 Å². The van der Waals surface area contributed by atoms with Crippen molar-refractivity contribution in [1.82, 2.24) is 9.88 Å². The Morgan fingerprint density at radius 3 is 2.48 bits per heavy atom. The van der Waals surface area contributed by atoms with Crippen LogP contribution in [-0.2, 0) is 13.1 Å². The molecular weight excluding hydrogens is 352 g/mol. The lowest BCUT2D eigenvalue weighted by molar-refractivity contribution is 0.0732. The summed E-state index contributed by atoms with van der Waals surface area (Å²) in [6.45, 7) is 4.50. The zero-order chi connectivity index (χ0) is 17.8. The molecule has 0 aliphatic heterocycles. The van der Waals surface area contributed by atoms with Crippen LogP contribution in [-0.4, -0.2) is 21.6 Å². The molecule has 0 aliphatic rings. The highest BCUT2D eigenvalue weighted by atomic mass is 32.1. The minimum absolute atomic E-state index is 0.0167. The molecule has 0 saturated carbocycles. The number of ketones is 1. The molecule has 25 heavy (non-hydrogen) atoms. The second-order valence-corrected chi connectivity index (χ2v) is 7.61. The average Bonchev–Trinajstić information content (AvgIpc) is 3.24. The summed E-state index contributed by atoms with van der Waals surface area (Å²) in [5.41, 5.74) is 4.38. The molecular formula is C19H18N2O2S2. The predicted molar refractivity (Wildman–Crippen MR) is 101 cm³/mol. The van der Waals surface area contributed by atoms with E-state index in [1.165, 1.54) is 18.3 Å². The van der Waals surface area contributed by atoms with E-state index >= 15 is 0 Å². The standard InChI is InChI=1S/C19H18N2O2S2/c1-13-18(25-12-20-13)10-21(9-15-6-4-3-5-7-15)19(23)16-8-17(14(2)22)24-11-16/h3-8,11-12H,9-10H2,1-2H3. The van der Waals surface area contributed by atoms with E-state index in [2.05, 4.69) is 4.98 Å². The van der Waals surface area contributed by atoms with Gasteiger partial charge in [0.1, 0.15) is 0 Å². The predicted octanol–water partition coefficient (Wildman–Crippen LogP) is 4.56. The lowest BCUT2D eigenvalue weighted by atomic mass is 10.2. The number of aromatic nitrogens is 1. The molecule has 2 heterocycles. The van der Waals surface area contributed by atoms with Gasteiger partial charge in [-0.05, 0) is 25.5 Å². The number of thiophene rings is 1. The fraction of sp³-hybridized carbons (Fsp3) is 0.211. The van der Waals surface area contributed by atoms with E-state index in [4.69, 9.17) is 0 Å². The van der Waals surface area contributed by atoms with Gasteiger partial charge in [0.25, 0.3) is 5.91 Å². The van der Waals surface area contributed by atoms with E-state index in [1.807, 2.05) is 42.2 Å². The van der Waals surface area contributed by atoms with Crippen molar-refractivity contribution >= 4 is 34.4 Å². The first kappa shape index (κ1) is 17.5. The molecule has 0 saturated heterocycles. The van der Waals surface area contributed by atoms with E-state index in [-0.39, 0.29) is 11.7 Å². The summed E-state index contributed by atoms with van der Waals surface area (Å²) in [7, 11) is 0. The number of Topliss-reactive ketones (excluding diaryl/α,β-unsaturated/α-hetero) is 1. The summed E-state index contributed by atoms with van der Waals surface area (Å²) in [5, 5.41) is 1.76. The minimum atomic E-state index is -0.0691. The topological polar surface area (TPSA) is 50.3 Å². The normalized spacial score (nSPS) is 10.6. The average molecular weight is 370 g/mol. The summed E-state index contributed by atoms with van der Waals surface area (Å²) in [5.74, 6) is -0.0858. The molecule has 3 rings (SSSR count). The number of amides is 1. The molecule has 128 valence electrons. The second-order valence-electron chi connectivity index (χ2n) is 5.76. The first-order valence-corrected chi connectivity index (χ1v) is 9.62. The van der Waals surface area contributed by atoms with Gasteiger partial charge in [0.15, 0.2) is 5.78 Å². The Morgan fingerprint density at radius 2 is 1.88 bits per heavy atom. The lowest BCUT2D eigenvalue weighted by Crippen LogP contribution is -2.29. The SMILES string of the molecule is CC(=O)c1cc(C(=O)N(Cc2ccccc2)Cc2scnc2C)cs1. The van der Waals surface area contributed by atoms with Gasteiger partial charge in [0.05, 0.1) is 28.2 Å². The Labute approximate surface area is 154 Å². The number of carbonyl (C=O) groups is 2. The molecule has 0 fully saturated rings. The van der Waals surface area contributed by atoms with Gasteiger partial charge in [0.2, 0.25) is 0 Å². The first-order chi connectivity index (χ1) is 12.0. The molecule has 4 nitrogen and oxygen atoms in total. The second kappa shape index (κ2) is 7.72. The summed E-state index contributed by atoms with van der Waals surface area (Å²) in [4.78, 5) is 32.3. The molecule has 0 unspecified atom stereocenters. The molecule has 1 amide bonds. The van der Waals surface area contributed by atoms with Crippen LogP contribution in [0.2, 0.25) is 0 Å². The van der Waals surface area contributed by atoms with Gasteiger partial charge in [0, 0.05) is 16.8 Å². The van der Waals surface area contributed by atoms with Gasteiger partial charge in [-0.2, -0.15) is 0 Å². The van der Waals surface area contributed by atoms with Crippen LogP contribution in [0.4, 0.5) is 0 Å². The Morgan fingerprint density at radius 1 is 1.12 bits per heavy atom. The zero-order valence-corrected chi connectivity index (χ0v) is 15.7. The monoisotopic (exact) mass is 370 g/mol. The van der Waals surface area contributed by atoms with Crippen LogP contribution < -0.4 is 0 Å². The molecule has 6 heteroatoms. The Kier molecular flexibility index (Phi) is 5.40. The fourth-order valence-electron chi connectivity index (χ4n) is 2.47. The van der Waals surface area contributed by atoms with E-state index < -0.39 is 0 Å². The van der Waals surface area contributed by atoms with Crippen LogP contribution in [0.1, 0.15) is 43.1 Å². The molecule has 0 bridgehead atoms. The minimum Gasteiger partial charge on any atom is -0.329 e. The molecule has 0 aliphatic carbocycles. The van der Waals surface area contributed by atoms with E-state index in [0.29, 0.717) is 23.5 Å². The van der Waals surface area contributed by atoms with Crippen molar-refractivity contribution in [3.8, 4) is 0 Å². The van der Waals surface area contributed by atoms with Crippen molar-refractivity contribution < 1.29 is 9.59 Å². The van der Waals surface area contributed by atoms with Crippen molar-refractivity contribution in [2.24, 2.45) is 0 Å². The number of benzene rings is 1. The van der Waals surface area contributed by atoms with E-state index in [9.17, 15) is 9.59 Å². The third-order valence-corrected chi connectivity index (χ3v) is 5.83. The maximum Gasteiger partial charge on any atom is 0.255 e. The number of carbonyl (C=O) groups excluding carboxylic acids is 2. The largest absolute Gasteiger partial charge is 0.329 e. The highest BCUT2D eigenvalue weighted by molar-refractivity contribution is 7.12. The van der Waals surface area contributed by atoms with Crippen LogP contribution in [0, 0.1) is 6.92 Å². The molecule has 0 spiro atoms. The van der Waals surface area contributed by atoms with E-state index in [0.717, 1.165) is 16.1 Å². The highest BCUT2D eigenvalue weighted by Crippen LogP contribution is 2.22. The first-order valence-electron chi connectivity index (χ1n) is 7.86. The Bertz CT molecular complexity index is 884. The van der Waals surface area contributed by atoms with Crippen LogP contribution in [0.25, 0.3) is 0 Å². The van der Waals surface area contributed by atoms with Gasteiger partial charge in [-0.25, -0.2) is 4.98 Å². The molecule has 0 atom stereocenters. The van der Waals surface area contributed by atoms with Crippen molar-refractivity contribution in [2.45, 2.75) is 26.9 Å². The van der Waals surface area contributed by atoms with Gasteiger partial charge in [-0.15, -0.1) is 22.7 Å². The third kappa shape index (κ3) is 4.21. The number of nitrogens with zero attached hydrogens (tertiary/aromatic N) is 2. The maximum atomic E-state index is 13.0. The van der Waals surface area contributed by atoms with Crippen molar-refractivity contribution in [3.05, 3.63) is 73.9 Å². The van der Waals surface area contributed by atoms with Crippen molar-refractivity contribution in [3.63, 3.8) is 0 Å². The Balaban J connectivity index is 1.87. The summed E-state index contributed by atoms with van der Waals surface area (Å²) < 4.78 is 0. The van der Waals surface area contributed by atoms with Crippen molar-refractivity contribution in [1.29, 1.82) is 0 Å². The summed E-state index contributed by atoms with van der Waals surface area (Å²) in [6, 6.07) is 11.6. The van der Waals surface area contributed by atoms with E-state index in [1.54, 1.807) is 28.3 Å². The van der Waals surface area contributed by atoms with Gasteiger partial charge in [-0.3, -0.25) is 9.59 Å². The third-order valence-electron chi connectivity index (χ3n) is 3.88. The van der Waals surface area contributed by atoms with Gasteiger partial charge < -0.3 is 4.90 Å². The summed E-state index contributed by atoms with van der Waals surface area (Å²) in [6.07, 6.45) is 0. The summed E-state index contributed by atoms with van der Waals surface area (Å²) >= 11 is 2.87. The number of hydrogen-bond donors (Lipinski definition) is 0. The maximum absolute atomic E-state index is 13.0. The Hall–Kier alpha value is -2.31. The molecule has 0 N–H and O–H groups in total. The van der Waals surface area contributed by atoms with Crippen LogP contribution in [0.3, 0.4) is 0 Å². The number of aryl methyl sites for hydroxylation is 1. The number of thiazole rings is 1. The number of hydrogen-bond acceptors (Lipinski definition) is 5. The molecule has 2 aromatic heterocycles. The van der Waals surface area contributed by atoms with Crippen LogP contribution in [0.15, 0.2) is 47.3 Å². The fourth-order valence-corrected chi connectivity index (χ4v) is 4.05. The lowest BCUT2D eigenvalue weighted by Gasteiger charge is -2.22. The number of rotatable bonds is 6. The smallest absolute Gasteiger partial charge is 0.255 e. The zero-order valence-electron chi connectivity index (χ0n) is 14.1. The molecule has 0 radical (unpaired) electrons.